The van der Waals surface area contributed by atoms with Crippen molar-refractivity contribution in [3.63, 3.8) is 0 Å². The summed E-state index contributed by atoms with van der Waals surface area (Å²) in [4.78, 5) is -0.0142. The van der Waals surface area contributed by atoms with E-state index in [9.17, 15) is 18.1 Å². The van der Waals surface area contributed by atoms with Gasteiger partial charge in [-0.25, -0.2) is 8.42 Å². The first kappa shape index (κ1) is 26.4. The van der Waals surface area contributed by atoms with E-state index in [0.717, 1.165) is 0 Å². The predicted molar refractivity (Wildman–Crippen MR) is 131 cm³/mol. The molecule has 2 aromatic carbocycles. The quantitative estimate of drug-likeness (QED) is 0.293. The first-order valence-electron chi connectivity index (χ1n) is 10.7. The topological polar surface area (TPSA) is 149 Å². The summed E-state index contributed by atoms with van der Waals surface area (Å²) in [5.41, 5.74) is 1.04. The summed E-state index contributed by atoms with van der Waals surface area (Å²) in [7, 11) is -6.18. The highest BCUT2D eigenvalue weighted by molar-refractivity contribution is 7.92. The highest BCUT2D eigenvalue weighted by atomic mass is 32.2. The lowest BCUT2D eigenvalue weighted by Crippen LogP contribution is -2.16. The number of benzene rings is 2. The van der Waals surface area contributed by atoms with E-state index in [-0.39, 0.29) is 35.6 Å². The van der Waals surface area contributed by atoms with E-state index in [0.29, 0.717) is 11.3 Å². The zero-order valence-corrected chi connectivity index (χ0v) is 21.1. The summed E-state index contributed by atoms with van der Waals surface area (Å²) >= 11 is 0. The van der Waals surface area contributed by atoms with Gasteiger partial charge in [0.2, 0.25) is 5.88 Å². The van der Waals surface area contributed by atoms with E-state index in [1.54, 1.807) is 26.0 Å². The maximum Gasteiger partial charge on any atom is 0.357 e. The molecule has 3 aromatic rings. The van der Waals surface area contributed by atoms with E-state index in [2.05, 4.69) is 20.2 Å². The Morgan fingerprint density at radius 2 is 1.57 bits per heavy atom. The number of rotatable bonds is 12. The Balaban J connectivity index is 1.85. The molecule has 1 atom stereocenters. The number of hydrogen-bond donors (Lipinski definition) is 3. The molecule has 0 saturated heterocycles. The fourth-order valence-electron chi connectivity index (χ4n) is 3.12. The van der Waals surface area contributed by atoms with Crippen LogP contribution < -0.4 is 14.8 Å². The van der Waals surface area contributed by atoms with Crippen LogP contribution in [0.1, 0.15) is 25.2 Å². The van der Waals surface area contributed by atoms with Crippen LogP contribution in [-0.2, 0) is 23.6 Å². The number of phenolic OH excluding ortho intramolecular Hbond substituents is 1. The number of phenols is 1. The minimum Gasteiger partial charge on any atom is -0.508 e. The van der Waals surface area contributed by atoms with E-state index in [1.165, 1.54) is 55.6 Å². The third-order valence-corrected chi connectivity index (χ3v) is 8.37. The minimum absolute atomic E-state index is 0.0142. The molecule has 0 aliphatic heterocycles. The largest absolute Gasteiger partial charge is 0.508 e. The molecule has 3 rings (SSSR count). The molecule has 3 N–H and O–H groups in total. The molecule has 13 heteroatoms. The van der Waals surface area contributed by atoms with Gasteiger partial charge in [0, 0.05) is 11.8 Å². The zero-order chi connectivity index (χ0) is 25.5. The molecule has 0 amide bonds. The summed E-state index contributed by atoms with van der Waals surface area (Å²) in [6, 6.07) is 14.9. The third kappa shape index (κ3) is 6.70. The van der Waals surface area contributed by atoms with Crippen LogP contribution >= 0.6 is 7.60 Å². The van der Waals surface area contributed by atoms with Crippen molar-refractivity contribution in [2.24, 2.45) is 0 Å². The van der Waals surface area contributed by atoms with E-state index >= 15 is 0 Å². The molecule has 11 nitrogen and oxygen atoms in total. The van der Waals surface area contributed by atoms with Crippen LogP contribution in [0.25, 0.3) is 0 Å². The van der Waals surface area contributed by atoms with Crippen molar-refractivity contribution >= 4 is 29.1 Å². The van der Waals surface area contributed by atoms with Crippen molar-refractivity contribution in [3.8, 4) is 11.6 Å². The van der Waals surface area contributed by atoms with Gasteiger partial charge in [-0.15, -0.1) is 10.2 Å². The van der Waals surface area contributed by atoms with Gasteiger partial charge < -0.3 is 24.2 Å². The second-order valence-corrected chi connectivity index (χ2v) is 10.9. The summed E-state index contributed by atoms with van der Waals surface area (Å²) < 4.78 is 57.4. The van der Waals surface area contributed by atoms with Crippen LogP contribution in [0.2, 0.25) is 0 Å². The highest BCUT2D eigenvalue weighted by Gasteiger charge is 2.37. The summed E-state index contributed by atoms with van der Waals surface area (Å²) in [5.74, 6) is -0.561. The van der Waals surface area contributed by atoms with Crippen LogP contribution in [0.4, 0.5) is 11.5 Å². The molecule has 0 aliphatic carbocycles. The Morgan fingerprint density at radius 3 is 2.09 bits per heavy atom. The Morgan fingerprint density at radius 1 is 0.943 bits per heavy atom. The molecule has 1 unspecified atom stereocenters. The molecule has 0 radical (unpaired) electrons. The van der Waals surface area contributed by atoms with E-state index < -0.39 is 23.4 Å². The van der Waals surface area contributed by atoms with Crippen LogP contribution in [0.3, 0.4) is 0 Å². The lowest BCUT2D eigenvalue weighted by Gasteiger charge is -2.28. The van der Waals surface area contributed by atoms with Gasteiger partial charge in [-0.05, 0) is 61.9 Å². The lowest BCUT2D eigenvalue weighted by molar-refractivity contribution is 0.214. The molecule has 0 aliphatic rings. The van der Waals surface area contributed by atoms with Gasteiger partial charge in [0.25, 0.3) is 10.0 Å². The monoisotopic (exact) mass is 522 g/mol. The number of methoxy groups -OCH3 is 1. The van der Waals surface area contributed by atoms with Gasteiger partial charge in [0.15, 0.2) is 11.6 Å². The fraction of sp³-hybridized carbons (Fsp3) is 0.273. The second-order valence-electron chi connectivity index (χ2n) is 7.10. The van der Waals surface area contributed by atoms with Gasteiger partial charge >= 0.3 is 7.60 Å². The van der Waals surface area contributed by atoms with Gasteiger partial charge in [-0.3, -0.25) is 9.29 Å². The Labute approximate surface area is 204 Å². The number of ether oxygens (including phenoxy) is 1. The highest BCUT2D eigenvalue weighted by Crippen LogP contribution is 2.60. The molecule has 1 heterocycles. The molecule has 35 heavy (non-hydrogen) atoms. The molecule has 0 spiro atoms. The molecular weight excluding hydrogens is 495 g/mol. The maximum absolute atomic E-state index is 13.6. The molecule has 1 aromatic heterocycles. The number of sulfonamides is 1. The van der Waals surface area contributed by atoms with Crippen molar-refractivity contribution in [1.82, 2.24) is 10.2 Å². The lowest BCUT2D eigenvalue weighted by atomic mass is 10.2. The standard InChI is InChI=1S/C22H27N4O7PS/c1-4-32-34(28,33-5-2)22(16-6-10-18(27)11-7-16)23-17-8-12-19(13-9-17)35(29,30)26-20-14-15-21(31-3)25-24-20/h6-15,22-23,27H,4-5H2,1-3H3,(H,24,26). The van der Waals surface area contributed by atoms with Crippen molar-refractivity contribution in [2.75, 3.05) is 30.4 Å². The number of anilines is 2. The SMILES string of the molecule is CCOP(=O)(OCC)C(Nc1ccc(S(=O)(=O)Nc2ccc(OC)nn2)cc1)c1ccc(O)cc1. The van der Waals surface area contributed by atoms with E-state index in [4.69, 9.17) is 13.8 Å². The first-order chi connectivity index (χ1) is 16.7. The number of aromatic nitrogens is 2. The number of nitrogens with one attached hydrogen (secondary N) is 2. The molecule has 0 saturated carbocycles. The average molecular weight is 523 g/mol. The van der Waals surface area contributed by atoms with Crippen LogP contribution in [-0.4, -0.2) is 44.0 Å². The molecular formula is C22H27N4O7PS. The molecule has 0 fully saturated rings. The number of nitrogens with zero attached hydrogens (tertiary/aromatic N) is 2. The molecule has 188 valence electrons. The van der Waals surface area contributed by atoms with Gasteiger partial charge in [0.05, 0.1) is 25.2 Å². The Kier molecular flexibility index (Phi) is 8.68. The number of aromatic hydroxyl groups is 1. The second kappa shape index (κ2) is 11.5. The Hall–Kier alpha value is -3.18. The number of hydrogen-bond acceptors (Lipinski definition) is 10. The van der Waals surface area contributed by atoms with Gasteiger partial charge in [-0.2, -0.15) is 0 Å². The summed E-state index contributed by atoms with van der Waals surface area (Å²) in [6.07, 6.45) is 0. The minimum atomic E-state index is -3.93. The van der Waals surface area contributed by atoms with Crippen molar-refractivity contribution in [1.29, 1.82) is 0 Å². The maximum atomic E-state index is 13.6. The zero-order valence-electron chi connectivity index (χ0n) is 19.4. The van der Waals surface area contributed by atoms with Crippen molar-refractivity contribution in [3.05, 3.63) is 66.2 Å². The summed E-state index contributed by atoms with van der Waals surface area (Å²) in [6.45, 7) is 3.73. The smallest absolute Gasteiger partial charge is 0.357 e. The average Bonchev–Trinajstić information content (AvgIpc) is 2.84. The van der Waals surface area contributed by atoms with Gasteiger partial charge in [-0.1, -0.05) is 12.1 Å². The van der Waals surface area contributed by atoms with Gasteiger partial charge in [0.1, 0.15) is 5.75 Å². The third-order valence-electron chi connectivity index (χ3n) is 4.70. The van der Waals surface area contributed by atoms with Crippen LogP contribution in [0.5, 0.6) is 11.6 Å². The van der Waals surface area contributed by atoms with Crippen molar-refractivity contribution in [2.45, 2.75) is 24.5 Å². The predicted octanol–water partition coefficient (Wildman–Crippen LogP) is 4.37. The van der Waals surface area contributed by atoms with Crippen molar-refractivity contribution < 1.29 is 31.9 Å². The molecule has 0 bridgehead atoms. The van der Waals surface area contributed by atoms with Crippen LogP contribution in [0, 0.1) is 0 Å². The fourth-order valence-corrected chi connectivity index (χ4v) is 6.05. The van der Waals surface area contributed by atoms with E-state index in [1.807, 2.05) is 0 Å². The summed E-state index contributed by atoms with van der Waals surface area (Å²) in [5, 5.41) is 20.3. The van der Waals surface area contributed by atoms with Crippen LogP contribution in [0.15, 0.2) is 65.6 Å². The Bertz CT molecular complexity index is 1240. The first-order valence-corrected chi connectivity index (χ1v) is 13.7. The normalized spacial score (nSPS) is 12.7.